The lowest BCUT2D eigenvalue weighted by Gasteiger charge is -2.11. The monoisotopic (exact) mass is 503 g/mol. The molecule has 0 atom stereocenters. The van der Waals surface area contributed by atoms with Gasteiger partial charge in [0.1, 0.15) is 11.6 Å². The maximum Gasteiger partial charge on any atom is 0.273 e. The molecule has 2 aromatic carbocycles. The molecule has 0 saturated heterocycles. The quantitative estimate of drug-likeness (QED) is 0.380. The van der Waals surface area contributed by atoms with Gasteiger partial charge in [-0.05, 0) is 43.0 Å². The number of amides is 1. The van der Waals surface area contributed by atoms with Gasteiger partial charge in [0.15, 0.2) is 23.0 Å². The number of nitrogens with zero attached hydrogens (tertiary/aromatic N) is 1. The zero-order chi connectivity index (χ0) is 26.7. The molecule has 0 radical (unpaired) electrons. The second-order valence-electron chi connectivity index (χ2n) is 7.53. The molecule has 0 aliphatic heterocycles. The summed E-state index contributed by atoms with van der Waals surface area (Å²) < 4.78 is 43.8. The predicted octanol–water partition coefficient (Wildman–Crippen LogP) is 5.86. The summed E-state index contributed by atoms with van der Waals surface area (Å²) in [6.45, 7) is 8.41. The topological polar surface area (TPSA) is 99.6 Å². The van der Waals surface area contributed by atoms with Crippen molar-refractivity contribution in [3.8, 4) is 23.0 Å². The van der Waals surface area contributed by atoms with Crippen LogP contribution in [0.25, 0.3) is 11.5 Å². The van der Waals surface area contributed by atoms with E-state index in [1.807, 2.05) is 27.7 Å². The first-order valence-corrected chi connectivity index (χ1v) is 12.2. The van der Waals surface area contributed by atoms with E-state index in [0.717, 1.165) is 25.0 Å². The minimum absolute atomic E-state index is 0.00119. The molecule has 1 amide bonds. The zero-order valence-electron chi connectivity index (χ0n) is 21.5. The molecular weight excluding hydrogens is 468 g/mol. The number of rotatable bonds is 9. The Labute approximate surface area is 211 Å². The summed E-state index contributed by atoms with van der Waals surface area (Å²) >= 11 is 0. The molecule has 3 aromatic rings. The van der Waals surface area contributed by atoms with Gasteiger partial charge < -0.3 is 24.9 Å². The second kappa shape index (κ2) is 14.2. The molecular formula is C27H35F2N3O4. The van der Waals surface area contributed by atoms with Gasteiger partial charge in [-0.25, -0.2) is 13.8 Å². The number of aromatic nitrogens is 1. The van der Waals surface area contributed by atoms with E-state index in [0.29, 0.717) is 29.6 Å². The maximum atomic E-state index is 13.8. The van der Waals surface area contributed by atoms with E-state index >= 15 is 0 Å². The molecule has 1 aliphatic carbocycles. The van der Waals surface area contributed by atoms with E-state index in [2.05, 4.69) is 10.3 Å². The Hall–Kier alpha value is -3.46. The van der Waals surface area contributed by atoms with Crippen molar-refractivity contribution in [1.29, 1.82) is 0 Å². The van der Waals surface area contributed by atoms with Crippen molar-refractivity contribution in [3.05, 3.63) is 65.1 Å². The highest BCUT2D eigenvalue weighted by Crippen LogP contribution is 2.35. The fraction of sp³-hybridized carbons (Fsp3) is 0.407. The highest BCUT2D eigenvalue weighted by atomic mass is 19.1. The van der Waals surface area contributed by atoms with E-state index < -0.39 is 17.5 Å². The van der Waals surface area contributed by atoms with Crippen LogP contribution in [0.15, 0.2) is 40.8 Å². The number of methoxy groups -OCH3 is 1. The van der Waals surface area contributed by atoms with Gasteiger partial charge in [-0.2, -0.15) is 0 Å². The van der Waals surface area contributed by atoms with Crippen molar-refractivity contribution in [2.75, 3.05) is 13.7 Å². The SMILES string of the molecule is CC.CC.COc1ccc(-c2nc(C(=O)NCc3ccc(F)cc3F)c(CN)o2)cc1OCC1CC1. The average Bonchev–Trinajstić information content (AvgIpc) is 3.64. The fourth-order valence-electron chi connectivity index (χ4n) is 3.13. The Bertz CT molecular complexity index is 1130. The minimum Gasteiger partial charge on any atom is -0.493 e. The molecule has 1 heterocycles. The van der Waals surface area contributed by atoms with E-state index in [9.17, 15) is 13.6 Å². The highest BCUT2D eigenvalue weighted by Gasteiger charge is 2.24. The fourth-order valence-corrected chi connectivity index (χ4v) is 3.13. The standard InChI is InChI=1S/C23H23F2N3O4.2C2H6/c1-30-18-7-5-14(8-19(18)31-12-13-2-3-13)23-28-21(20(10-26)32-23)22(29)27-11-15-4-6-16(24)9-17(15)25;2*1-2/h4-9,13H,2-3,10-12,26H2,1H3,(H,27,29);2*1-2H3. The Kier molecular flexibility index (Phi) is 11.3. The van der Waals surface area contributed by atoms with Crippen molar-refractivity contribution >= 4 is 5.91 Å². The van der Waals surface area contributed by atoms with Crippen LogP contribution in [0.5, 0.6) is 11.5 Å². The van der Waals surface area contributed by atoms with Crippen molar-refractivity contribution in [2.24, 2.45) is 11.7 Å². The zero-order valence-corrected chi connectivity index (χ0v) is 21.5. The van der Waals surface area contributed by atoms with Crippen LogP contribution >= 0.6 is 0 Å². The van der Waals surface area contributed by atoms with Gasteiger partial charge in [-0.1, -0.05) is 33.8 Å². The van der Waals surface area contributed by atoms with Gasteiger partial charge in [0.2, 0.25) is 5.89 Å². The molecule has 196 valence electrons. The summed E-state index contributed by atoms with van der Waals surface area (Å²) in [6, 6.07) is 8.36. The predicted molar refractivity (Wildman–Crippen MR) is 135 cm³/mol. The van der Waals surface area contributed by atoms with Gasteiger partial charge >= 0.3 is 0 Å². The lowest BCUT2D eigenvalue weighted by atomic mass is 10.2. The van der Waals surface area contributed by atoms with Crippen LogP contribution in [0.2, 0.25) is 0 Å². The summed E-state index contributed by atoms with van der Waals surface area (Å²) in [6.07, 6.45) is 2.31. The number of benzene rings is 2. The number of nitrogens with two attached hydrogens (primary N) is 1. The van der Waals surface area contributed by atoms with E-state index in [1.54, 1.807) is 25.3 Å². The van der Waals surface area contributed by atoms with Crippen LogP contribution in [0.4, 0.5) is 8.78 Å². The number of carbonyl (C=O) groups is 1. The summed E-state index contributed by atoms with van der Waals surface area (Å²) in [5, 5.41) is 2.56. The van der Waals surface area contributed by atoms with Gasteiger partial charge in [-0.15, -0.1) is 0 Å². The van der Waals surface area contributed by atoms with Gasteiger partial charge in [-0.3, -0.25) is 4.79 Å². The number of hydrogen-bond donors (Lipinski definition) is 2. The molecule has 7 nitrogen and oxygen atoms in total. The van der Waals surface area contributed by atoms with Gasteiger partial charge in [0, 0.05) is 23.7 Å². The molecule has 1 fully saturated rings. The molecule has 0 bridgehead atoms. The number of halogens is 2. The molecule has 1 aromatic heterocycles. The summed E-state index contributed by atoms with van der Waals surface area (Å²) in [5.74, 6) is 0.0710. The lowest BCUT2D eigenvalue weighted by Crippen LogP contribution is -2.25. The third-order valence-corrected chi connectivity index (χ3v) is 5.13. The Morgan fingerprint density at radius 1 is 1.11 bits per heavy atom. The second-order valence-corrected chi connectivity index (χ2v) is 7.53. The number of hydrogen-bond acceptors (Lipinski definition) is 6. The van der Waals surface area contributed by atoms with E-state index in [-0.39, 0.29) is 36.0 Å². The Morgan fingerprint density at radius 3 is 2.44 bits per heavy atom. The average molecular weight is 504 g/mol. The molecule has 3 N–H and O–H groups in total. The number of ether oxygens (including phenoxy) is 2. The van der Waals surface area contributed by atoms with Crippen LogP contribution in [0.3, 0.4) is 0 Å². The third kappa shape index (κ3) is 7.52. The molecule has 0 spiro atoms. The lowest BCUT2D eigenvalue weighted by molar-refractivity contribution is 0.0944. The van der Waals surface area contributed by atoms with Crippen LogP contribution in [0, 0.1) is 17.6 Å². The van der Waals surface area contributed by atoms with Crippen LogP contribution in [-0.4, -0.2) is 24.6 Å². The van der Waals surface area contributed by atoms with E-state index in [4.69, 9.17) is 19.6 Å². The summed E-state index contributed by atoms with van der Waals surface area (Å²) in [7, 11) is 1.56. The van der Waals surface area contributed by atoms with Gasteiger partial charge in [0.25, 0.3) is 5.91 Å². The molecule has 1 aliphatic rings. The molecule has 0 unspecified atom stereocenters. The van der Waals surface area contributed by atoms with Crippen molar-refractivity contribution in [2.45, 2.75) is 53.6 Å². The van der Waals surface area contributed by atoms with Crippen LogP contribution < -0.4 is 20.5 Å². The summed E-state index contributed by atoms with van der Waals surface area (Å²) in [5.41, 5.74) is 6.47. The largest absolute Gasteiger partial charge is 0.493 e. The van der Waals surface area contributed by atoms with Crippen molar-refractivity contribution in [1.82, 2.24) is 10.3 Å². The smallest absolute Gasteiger partial charge is 0.273 e. The van der Waals surface area contributed by atoms with Crippen molar-refractivity contribution < 1.29 is 27.5 Å². The van der Waals surface area contributed by atoms with E-state index in [1.165, 1.54) is 6.07 Å². The maximum absolute atomic E-state index is 13.8. The summed E-state index contributed by atoms with van der Waals surface area (Å²) in [4.78, 5) is 16.9. The first-order chi connectivity index (χ1) is 17.5. The number of carbonyl (C=O) groups excluding carboxylic acids is 1. The number of nitrogens with one attached hydrogen (secondary N) is 1. The molecule has 9 heteroatoms. The van der Waals surface area contributed by atoms with Crippen LogP contribution in [-0.2, 0) is 13.1 Å². The van der Waals surface area contributed by atoms with Crippen molar-refractivity contribution in [3.63, 3.8) is 0 Å². The van der Waals surface area contributed by atoms with Gasteiger partial charge in [0.05, 0.1) is 20.3 Å². The Balaban J connectivity index is 0.00000109. The number of oxazole rings is 1. The molecule has 4 rings (SSSR count). The first-order valence-electron chi connectivity index (χ1n) is 12.2. The Morgan fingerprint density at radius 2 is 1.83 bits per heavy atom. The normalized spacial score (nSPS) is 12.0. The minimum atomic E-state index is -0.748. The molecule has 36 heavy (non-hydrogen) atoms. The third-order valence-electron chi connectivity index (χ3n) is 5.13. The highest BCUT2D eigenvalue weighted by molar-refractivity contribution is 5.93. The molecule has 1 saturated carbocycles. The first kappa shape index (κ1) is 28.8. The van der Waals surface area contributed by atoms with Crippen LogP contribution in [0.1, 0.15) is 62.3 Å².